The maximum absolute atomic E-state index is 13.8. The highest BCUT2D eigenvalue weighted by molar-refractivity contribution is 5.86. The van der Waals surface area contributed by atoms with Crippen LogP contribution in [0.25, 0.3) is 0 Å². The number of fused-ring (bicyclic) bond motifs is 8. The fourth-order valence-corrected chi connectivity index (χ4v) is 5.45. The largest absolute Gasteiger partial charge is 0.494 e. The van der Waals surface area contributed by atoms with Crippen molar-refractivity contribution in [2.75, 3.05) is 46.5 Å². The van der Waals surface area contributed by atoms with Crippen LogP contribution in [0.2, 0.25) is 0 Å². The summed E-state index contributed by atoms with van der Waals surface area (Å²) in [5, 5.41) is 2.85. The molecule has 9 heteroatoms. The maximum atomic E-state index is 13.8. The predicted octanol–water partition coefficient (Wildman–Crippen LogP) is 2.85. The zero-order valence-corrected chi connectivity index (χ0v) is 21.9. The molecule has 1 atom stereocenters. The zero-order valence-electron chi connectivity index (χ0n) is 21.9. The second-order valence-electron chi connectivity index (χ2n) is 9.98. The molecule has 2 aromatic rings. The Kier molecular flexibility index (Phi) is 8.00. The number of benzene rings is 2. The van der Waals surface area contributed by atoms with E-state index in [1.807, 2.05) is 41.3 Å². The number of carbonyl (C=O) groups is 3. The monoisotopic (exact) mass is 521 g/mol. The van der Waals surface area contributed by atoms with E-state index in [0.717, 1.165) is 36.0 Å². The van der Waals surface area contributed by atoms with E-state index in [4.69, 9.17) is 14.2 Å². The van der Waals surface area contributed by atoms with E-state index >= 15 is 0 Å². The lowest BCUT2D eigenvalue weighted by atomic mass is 9.87. The molecule has 9 nitrogen and oxygen atoms in total. The van der Waals surface area contributed by atoms with E-state index in [0.29, 0.717) is 62.8 Å². The average Bonchev–Trinajstić information content (AvgIpc) is 3.13. The molecular weight excluding hydrogens is 486 g/mol. The van der Waals surface area contributed by atoms with E-state index in [9.17, 15) is 14.4 Å². The lowest BCUT2D eigenvalue weighted by Gasteiger charge is -2.39. The van der Waals surface area contributed by atoms with Gasteiger partial charge in [-0.05, 0) is 66.6 Å². The topological polar surface area (TPSA) is 97.4 Å². The molecule has 4 heterocycles. The van der Waals surface area contributed by atoms with Gasteiger partial charge in [-0.3, -0.25) is 14.4 Å². The number of nitrogens with one attached hydrogen (secondary N) is 1. The van der Waals surface area contributed by atoms with Gasteiger partial charge in [0.2, 0.25) is 11.8 Å². The second kappa shape index (κ2) is 11.8. The van der Waals surface area contributed by atoms with E-state index in [-0.39, 0.29) is 36.9 Å². The van der Waals surface area contributed by atoms with Gasteiger partial charge in [-0.15, -0.1) is 0 Å². The van der Waals surface area contributed by atoms with Crippen LogP contribution < -0.4 is 19.5 Å². The predicted molar refractivity (Wildman–Crippen MR) is 140 cm³/mol. The Morgan fingerprint density at radius 2 is 1.95 bits per heavy atom. The number of hydrogen-bond donors (Lipinski definition) is 1. The Hall–Kier alpha value is -3.75. The molecule has 0 spiro atoms. The average molecular weight is 522 g/mol. The third-order valence-corrected chi connectivity index (χ3v) is 7.42. The molecule has 3 amide bonds. The molecule has 6 rings (SSSR count). The molecule has 0 aromatic heterocycles. The van der Waals surface area contributed by atoms with Crippen LogP contribution in [-0.4, -0.2) is 74.0 Å². The van der Waals surface area contributed by atoms with Gasteiger partial charge in [0.15, 0.2) is 18.1 Å². The first kappa shape index (κ1) is 25.9. The minimum Gasteiger partial charge on any atom is -0.494 e. The number of nitrogens with zero attached hydrogens (tertiary/aromatic N) is 2. The van der Waals surface area contributed by atoms with Crippen molar-refractivity contribution in [3.05, 3.63) is 53.1 Å². The Labute approximate surface area is 223 Å². The number of rotatable bonds is 3. The van der Waals surface area contributed by atoms with Crippen molar-refractivity contribution < 1.29 is 28.6 Å². The SMILES string of the molecule is COc1cc2c3cc1OCC(=O)NCCCOc1cccc(c1)C2N(C(=O)CN1CCCCCC1=O)CC3. The Morgan fingerprint density at radius 1 is 1.05 bits per heavy atom. The lowest BCUT2D eigenvalue weighted by Crippen LogP contribution is -2.47. The van der Waals surface area contributed by atoms with Crippen molar-refractivity contribution in [1.82, 2.24) is 15.1 Å². The van der Waals surface area contributed by atoms with Gasteiger partial charge in [0, 0.05) is 26.1 Å². The van der Waals surface area contributed by atoms with Crippen LogP contribution >= 0.6 is 0 Å². The fraction of sp³-hybridized carbons (Fsp3) is 0.483. The first-order valence-corrected chi connectivity index (χ1v) is 13.4. The molecular formula is C29H35N3O6. The van der Waals surface area contributed by atoms with Crippen LogP contribution in [-0.2, 0) is 20.8 Å². The van der Waals surface area contributed by atoms with Crippen molar-refractivity contribution in [1.29, 1.82) is 0 Å². The highest BCUT2D eigenvalue weighted by atomic mass is 16.5. The summed E-state index contributed by atoms with van der Waals surface area (Å²) >= 11 is 0. The van der Waals surface area contributed by atoms with Crippen LogP contribution in [0.5, 0.6) is 17.2 Å². The van der Waals surface area contributed by atoms with Crippen molar-refractivity contribution in [3.63, 3.8) is 0 Å². The molecule has 0 saturated carbocycles. The van der Waals surface area contributed by atoms with Gasteiger partial charge in [-0.25, -0.2) is 0 Å². The quantitative estimate of drug-likeness (QED) is 0.667. The normalized spacial score (nSPS) is 20.2. The Bertz CT molecular complexity index is 1200. The molecule has 38 heavy (non-hydrogen) atoms. The number of carbonyl (C=O) groups excluding carboxylic acids is 3. The van der Waals surface area contributed by atoms with Gasteiger partial charge in [-0.1, -0.05) is 18.6 Å². The molecule has 1 saturated heterocycles. The first-order valence-electron chi connectivity index (χ1n) is 13.4. The van der Waals surface area contributed by atoms with Crippen LogP contribution in [0.1, 0.15) is 54.8 Å². The van der Waals surface area contributed by atoms with Crippen molar-refractivity contribution in [2.24, 2.45) is 0 Å². The molecule has 1 N–H and O–H groups in total. The molecule has 0 aliphatic carbocycles. The molecule has 1 unspecified atom stereocenters. The maximum Gasteiger partial charge on any atom is 0.257 e. The number of hydrogen-bond acceptors (Lipinski definition) is 6. The van der Waals surface area contributed by atoms with Gasteiger partial charge in [0.25, 0.3) is 5.91 Å². The Morgan fingerprint density at radius 3 is 2.82 bits per heavy atom. The first-order chi connectivity index (χ1) is 18.5. The highest BCUT2D eigenvalue weighted by Crippen LogP contribution is 2.42. The summed E-state index contributed by atoms with van der Waals surface area (Å²) in [6.07, 6.45) is 4.57. The van der Waals surface area contributed by atoms with Crippen LogP contribution in [0, 0.1) is 0 Å². The van der Waals surface area contributed by atoms with Crippen LogP contribution in [0.3, 0.4) is 0 Å². The van der Waals surface area contributed by atoms with Gasteiger partial charge in [0.05, 0.1) is 26.3 Å². The van der Waals surface area contributed by atoms with E-state index < -0.39 is 0 Å². The van der Waals surface area contributed by atoms with Crippen LogP contribution in [0.15, 0.2) is 36.4 Å². The molecule has 4 aliphatic heterocycles. The van der Waals surface area contributed by atoms with Gasteiger partial charge in [0.1, 0.15) is 5.75 Å². The Balaban J connectivity index is 1.54. The van der Waals surface area contributed by atoms with Gasteiger partial charge < -0.3 is 29.3 Å². The second-order valence-corrected chi connectivity index (χ2v) is 9.98. The highest BCUT2D eigenvalue weighted by Gasteiger charge is 2.35. The minimum atomic E-state index is -0.379. The summed E-state index contributed by atoms with van der Waals surface area (Å²) < 4.78 is 17.5. The van der Waals surface area contributed by atoms with Crippen LogP contribution in [0.4, 0.5) is 0 Å². The van der Waals surface area contributed by atoms with Crippen molar-refractivity contribution in [2.45, 2.75) is 44.6 Å². The number of amides is 3. The number of ether oxygens (including phenoxy) is 3. The fourth-order valence-electron chi connectivity index (χ4n) is 5.45. The standard InChI is InChI=1S/C29H35N3O6/c1-36-24-17-23-20-10-13-32(28(35)18-31-12-4-2-3-9-27(31)34)29(23)21-7-5-8-22(15-21)37-14-6-11-30-26(33)19-38-25(24)16-20/h5,7-8,15-17,29H,2-4,6,9-14,18-19H2,1H3,(H,30,33). The van der Waals surface area contributed by atoms with Gasteiger partial charge >= 0.3 is 0 Å². The van der Waals surface area contributed by atoms with E-state index in [1.54, 1.807) is 12.0 Å². The summed E-state index contributed by atoms with van der Waals surface area (Å²) in [6.45, 7) is 1.99. The molecule has 4 aliphatic rings. The third kappa shape index (κ3) is 5.71. The lowest BCUT2D eigenvalue weighted by molar-refractivity contribution is -0.141. The van der Waals surface area contributed by atoms with Crippen molar-refractivity contribution >= 4 is 17.7 Å². The summed E-state index contributed by atoms with van der Waals surface area (Å²) in [6, 6.07) is 11.2. The molecule has 2 aromatic carbocycles. The summed E-state index contributed by atoms with van der Waals surface area (Å²) in [5.41, 5.74) is 2.89. The summed E-state index contributed by atoms with van der Waals surface area (Å²) in [4.78, 5) is 42.3. The smallest absolute Gasteiger partial charge is 0.257 e. The molecule has 202 valence electrons. The van der Waals surface area contributed by atoms with Gasteiger partial charge in [-0.2, -0.15) is 0 Å². The number of methoxy groups -OCH3 is 1. The van der Waals surface area contributed by atoms with E-state index in [2.05, 4.69) is 5.32 Å². The van der Waals surface area contributed by atoms with E-state index in [1.165, 1.54) is 0 Å². The van der Waals surface area contributed by atoms with Crippen molar-refractivity contribution in [3.8, 4) is 17.2 Å². The summed E-state index contributed by atoms with van der Waals surface area (Å²) in [5.74, 6) is 1.46. The molecule has 0 radical (unpaired) electrons. The minimum absolute atomic E-state index is 0.0501. The number of likely N-dealkylation sites (tertiary alicyclic amines) is 1. The molecule has 6 bridgehead atoms. The third-order valence-electron chi connectivity index (χ3n) is 7.42. The summed E-state index contributed by atoms with van der Waals surface area (Å²) in [7, 11) is 1.56. The zero-order chi connectivity index (χ0) is 26.5. The molecule has 1 fully saturated rings.